The summed E-state index contributed by atoms with van der Waals surface area (Å²) in [4.78, 5) is 2.18. The summed E-state index contributed by atoms with van der Waals surface area (Å²) in [5.41, 5.74) is 6.83. The van der Waals surface area contributed by atoms with Gasteiger partial charge in [0.2, 0.25) is 5.82 Å². The van der Waals surface area contributed by atoms with Gasteiger partial charge in [-0.2, -0.15) is 0 Å². The molecule has 2 nitrogen and oxygen atoms in total. The van der Waals surface area contributed by atoms with Gasteiger partial charge >= 0.3 is 0 Å². The molecule has 0 saturated heterocycles. The fourth-order valence-electron chi connectivity index (χ4n) is 7.94. The summed E-state index contributed by atoms with van der Waals surface area (Å²) < 4.78 is 77.0. The highest BCUT2D eigenvalue weighted by atomic mass is 19.2. The Morgan fingerprint density at radius 1 is 0.368 bits per heavy atom. The third kappa shape index (κ3) is 5.62. The van der Waals surface area contributed by atoms with Crippen LogP contribution in [0.15, 0.2) is 174 Å². The van der Waals surface area contributed by atoms with Crippen molar-refractivity contribution in [2.75, 3.05) is 4.90 Å². The summed E-state index contributed by atoms with van der Waals surface area (Å²) >= 11 is 0. The first-order valence-corrected chi connectivity index (χ1v) is 18.3. The lowest BCUT2D eigenvalue weighted by molar-refractivity contribution is 0.381. The smallest absolute Gasteiger partial charge is 0.200 e. The Bertz CT molecular complexity index is 3140. The summed E-state index contributed by atoms with van der Waals surface area (Å²) in [5, 5.41) is 6.69. The van der Waals surface area contributed by atoms with Crippen LogP contribution in [0.1, 0.15) is 0 Å². The maximum atomic E-state index is 14.6. The molecule has 10 aromatic rings. The minimum Gasteiger partial charge on any atom is -0.456 e. The van der Waals surface area contributed by atoms with E-state index in [2.05, 4.69) is 95.9 Å². The van der Waals surface area contributed by atoms with E-state index in [9.17, 15) is 22.0 Å². The molecule has 10 rings (SSSR count). The average Bonchev–Trinajstić information content (AvgIpc) is 3.65. The lowest BCUT2D eigenvalue weighted by Crippen LogP contribution is -2.10. The van der Waals surface area contributed by atoms with Crippen molar-refractivity contribution in [2.24, 2.45) is 0 Å². The highest BCUT2D eigenvalue weighted by Gasteiger charge is 2.27. The minimum absolute atomic E-state index is 0.130. The molecule has 0 N–H and O–H groups in total. The van der Waals surface area contributed by atoms with Crippen LogP contribution in [0.4, 0.5) is 39.0 Å². The fourth-order valence-corrected chi connectivity index (χ4v) is 7.94. The SMILES string of the molecule is Fc1c(F)c(F)c(-c2ccc(-c3ccc(N(c4ccc(-c5cc6ccccc6c6ccccc56)cc4)c4cccc5oc6ccccc6c45)cc3)cc2)c(F)c1F. The maximum Gasteiger partial charge on any atom is 0.200 e. The minimum atomic E-state index is -2.19. The molecule has 0 spiro atoms. The van der Waals surface area contributed by atoms with E-state index in [1.807, 2.05) is 54.6 Å². The molecule has 0 fully saturated rings. The van der Waals surface area contributed by atoms with E-state index in [0.29, 0.717) is 5.56 Å². The number of rotatable bonds is 6. The van der Waals surface area contributed by atoms with Gasteiger partial charge in [0.05, 0.1) is 16.6 Å². The van der Waals surface area contributed by atoms with Gasteiger partial charge in [-0.05, 0) is 97.9 Å². The van der Waals surface area contributed by atoms with Gasteiger partial charge in [-0.3, -0.25) is 0 Å². The summed E-state index contributed by atoms with van der Waals surface area (Å²) in [6.45, 7) is 0. The Morgan fingerprint density at radius 3 is 1.53 bits per heavy atom. The van der Waals surface area contributed by atoms with Crippen molar-refractivity contribution in [3.05, 3.63) is 199 Å². The van der Waals surface area contributed by atoms with Gasteiger partial charge in [0.1, 0.15) is 11.2 Å². The van der Waals surface area contributed by atoms with Gasteiger partial charge in [0.25, 0.3) is 0 Å². The lowest BCUT2D eigenvalue weighted by atomic mass is 9.93. The van der Waals surface area contributed by atoms with E-state index in [0.717, 1.165) is 55.7 Å². The predicted molar refractivity (Wildman–Crippen MR) is 220 cm³/mol. The Balaban J connectivity index is 1.07. The second-order valence-electron chi connectivity index (χ2n) is 13.9. The Labute approximate surface area is 323 Å². The molecular weight excluding hydrogens is 726 g/mol. The molecule has 0 radical (unpaired) electrons. The normalized spacial score (nSPS) is 11.6. The van der Waals surface area contributed by atoms with Crippen molar-refractivity contribution >= 4 is 60.5 Å². The van der Waals surface area contributed by atoms with Crippen LogP contribution in [-0.2, 0) is 0 Å². The molecule has 274 valence electrons. The summed E-state index contributed by atoms with van der Waals surface area (Å²) in [5.74, 6) is -9.90. The molecule has 57 heavy (non-hydrogen) atoms. The number of para-hydroxylation sites is 1. The predicted octanol–water partition coefficient (Wildman–Crippen LogP) is 15.1. The van der Waals surface area contributed by atoms with Gasteiger partial charge in [0.15, 0.2) is 23.3 Å². The van der Waals surface area contributed by atoms with Crippen LogP contribution < -0.4 is 4.90 Å². The third-order valence-corrected chi connectivity index (χ3v) is 10.7. The summed E-state index contributed by atoms with van der Waals surface area (Å²) in [6, 6.07) is 55.3. The molecule has 0 aliphatic heterocycles. The van der Waals surface area contributed by atoms with Crippen molar-refractivity contribution < 1.29 is 26.4 Å². The first-order chi connectivity index (χ1) is 27.9. The molecule has 0 atom stereocenters. The van der Waals surface area contributed by atoms with Crippen molar-refractivity contribution in [3.63, 3.8) is 0 Å². The van der Waals surface area contributed by atoms with Crippen LogP contribution in [0, 0.1) is 29.1 Å². The largest absolute Gasteiger partial charge is 0.456 e. The van der Waals surface area contributed by atoms with Crippen LogP contribution >= 0.6 is 0 Å². The topological polar surface area (TPSA) is 16.4 Å². The van der Waals surface area contributed by atoms with E-state index in [1.54, 1.807) is 12.1 Å². The molecule has 0 aliphatic rings. The van der Waals surface area contributed by atoms with Crippen LogP contribution in [0.5, 0.6) is 0 Å². The van der Waals surface area contributed by atoms with Crippen molar-refractivity contribution in [3.8, 4) is 33.4 Å². The zero-order valence-corrected chi connectivity index (χ0v) is 29.9. The molecule has 1 aromatic heterocycles. The van der Waals surface area contributed by atoms with Gasteiger partial charge in [-0.25, -0.2) is 22.0 Å². The van der Waals surface area contributed by atoms with Gasteiger partial charge in [-0.1, -0.05) is 121 Å². The zero-order valence-electron chi connectivity index (χ0n) is 29.9. The van der Waals surface area contributed by atoms with E-state index < -0.39 is 34.6 Å². The Morgan fingerprint density at radius 2 is 0.860 bits per heavy atom. The van der Waals surface area contributed by atoms with Crippen LogP contribution in [0.2, 0.25) is 0 Å². The van der Waals surface area contributed by atoms with Crippen LogP contribution in [0.25, 0.3) is 76.9 Å². The van der Waals surface area contributed by atoms with Crippen molar-refractivity contribution in [1.29, 1.82) is 0 Å². The number of benzene rings is 9. The Kier molecular flexibility index (Phi) is 8.11. The number of furan rings is 1. The lowest BCUT2D eigenvalue weighted by Gasteiger charge is -2.27. The number of anilines is 3. The first kappa shape index (κ1) is 34.3. The first-order valence-electron chi connectivity index (χ1n) is 18.3. The fraction of sp³-hybridized carbons (Fsp3) is 0. The molecule has 0 amide bonds. The van der Waals surface area contributed by atoms with E-state index in [4.69, 9.17) is 4.42 Å². The van der Waals surface area contributed by atoms with Gasteiger partial charge < -0.3 is 9.32 Å². The van der Waals surface area contributed by atoms with E-state index in [1.165, 1.54) is 33.7 Å². The summed E-state index contributed by atoms with van der Waals surface area (Å²) in [7, 11) is 0. The number of fused-ring (bicyclic) bond motifs is 6. The van der Waals surface area contributed by atoms with Gasteiger partial charge in [-0.15, -0.1) is 0 Å². The Hall–Kier alpha value is -7.25. The quantitative estimate of drug-likeness (QED) is 0.0728. The summed E-state index contributed by atoms with van der Waals surface area (Å²) in [6.07, 6.45) is 0. The maximum absolute atomic E-state index is 14.6. The number of hydrogen-bond donors (Lipinski definition) is 0. The van der Waals surface area contributed by atoms with Crippen LogP contribution in [0.3, 0.4) is 0 Å². The zero-order chi connectivity index (χ0) is 38.8. The molecule has 7 heteroatoms. The molecule has 0 bridgehead atoms. The third-order valence-electron chi connectivity index (χ3n) is 10.7. The molecule has 0 unspecified atom stereocenters. The van der Waals surface area contributed by atoms with Crippen molar-refractivity contribution in [2.45, 2.75) is 0 Å². The number of hydrogen-bond acceptors (Lipinski definition) is 2. The monoisotopic (exact) mass is 753 g/mol. The highest BCUT2D eigenvalue weighted by molar-refractivity contribution is 6.15. The van der Waals surface area contributed by atoms with E-state index in [-0.39, 0.29) is 5.56 Å². The molecule has 9 aromatic carbocycles. The second-order valence-corrected chi connectivity index (χ2v) is 13.9. The highest BCUT2D eigenvalue weighted by Crippen LogP contribution is 2.44. The molecular formula is C50H28F5NO. The van der Waals surface area contributed by atoms with Gasteiger partial charge in [0, 0.05) is 16.8 Å². The average molecular weight is 754 g/mol. The second kappa shape index (κ2) is 13.5. The van der Waals surface area contributed by atoms with Crippen LogP contribution in [-0.4, -0.2) is 0 Å². The standard InChI is InChI=1S/C50H28F5NO/c51-46-44(47(52)49(54)50(55)48(46)53)32-18-16-29(17-19-32)30-20-24-34(25-21-30)56(41-13-7-15-43-45(41)39-12-5-6-14-42(39)57-43)35-26-22-31(23-27-35)40-28-33-8-1-2-9-36(33)37-10-3-4-11-38(37)40/h1-28H. The molecule has 0 aliphatic carbocycles. The molecule has 0 saturated carbocycles. The number of nitrogens with zero attached hydrogens (tertiary/aromatic N) is 1. The van der Waals surface area contributed by atoms with Crippen molar-refractivity contribution in [1.82, 2.24) is 0 Å². The molecule has 1 heterocycles. The number of halogens is 5. The van der Waals surface area contributed by atoms with E-state index >= 15 is 0 Å².